The van der Waals surface area contributed by atoms with E-state index in [1.807, 2.05) is 14.0 Å². The minimum absolute atomic E-state index is 0.409. The molecule has 1 N–H and O–H groups in total. The van der Waals surface area contributed by atoms with Crippen LogP contribution in [-0.2, 0) is 0 Å². The number of rotatable bonds is 3. The summed E-state index contributed by atoms with van der Waals surface area (Å²) in [6.07, 6.45) is 3.92. The van der Waals surface area contributed by atoms with Crippen LogP contribution in [0.1, 0.15) is 26.2 Å². The van der Waals surface area contributed by atoms with Crippen molar-refractivity contribution in [3.05, 3.63) is 0 Å². The first-order chi connectivity index (χ1) is 8.17. The third-order valence-electron chi connectivity index (χ3n) is 4.23. The Morgan fingerprint density at radius 3 is 2.82 bits per heavy atom. The summed E-state index contributed by atoms with van der Waals surface area (Å²) in [5.41, 5.74) is -0.409. The van der Waals surface area contributed by atoms with Crippen LogP contribution >= 0.6 is 0 Å². The Bertz CT molecular complexity index is 298. The topological polar surface area (TPSA) is 42.3 Å². The molecule has 2 atom stereocenters. The second kappa shape index (κ2) is 5.34. The van der Waals surface area contributed by atoms with Crippen molar-refractivity contribution in [3.8, 4) is 6.07 Å². The lowest BCUT2D eigenvalue weighted by Crippen LogP contribution is -2.50. The van der Waals surface area contributed by atoms with Gasteiger partial charge in [-0.15, -0.1) is 0 Å². The van der Waals surface area contributed by atoms with E-state index in [-0.39, 0.29) is 0 Å². The highest BCUT2D eigenvalue weighted by Crippen LogP contribution is 2.22. The van der Waals surface area contributed by atoms with Crippen molar-refractivity contribution in [1.82, 2.24) is 15.1 Å². The van der Waals surface area contributed by atoms with Gasteiger partial charge < -0.3 is 5.32 Å². The summed E-state index contributed by atoms with van der Waals surface area (Å²) in [6, 6.07) is 3.12. The zero-order chi connectivity index (χ0) is 12.3. The molecule has 0 bridgehead atoms. The van der Waals surface area contributed by atoms with Crippen molar-refractivity contribution in [3.63, 3.8) is 0 Å². The van der Waals surface area contributed by atoms with Gasteiger partial charge in [0.1, 0.15) is 5.54 Å². The predicted octanol–water partition coefficient (Wildman–Crippen LogP) is 0.658. The van der Waals surface area contributed by atoms with Gasteiger partial charge in [-0.3, -0.25) is 9.80 Å². The van der Waals surface area contributed by atoms with Gasteiger partial charge in [0, 0.05) is 19.1 Å². The van der Waals surface area contributed by atoms with Crippen molar-refractivity contribution in [1.29, 1.82) is 5.26 Å². The van der Waals surface area contributed by atoms with Crippen molar-refractivity contribution in [2.75, 3.05) is 39.8 Å². The molecule has 2 saturated heterocycles. The molecule has 0 radical (unpaired) electrons. The SMILES string of the molecule is CNC(C)(C#N)CN1CCCN2CCCC2C1. The van der Waals surface area contributed by atoms with Crippen LogP contribution < -0.4 is 5.32 Å². The van der Waals surface area contributed by atoms with Gasteiger partial charge in [-0.25, -0.2) is 0 Å². The molecule has 96 valence electrons. The average Bonchev–Trinajstić information content (AvgIpc) is 2.68. The van der Waals surface area contributed by atoms with E-state index in [0.717, 1.165) is 25.7 Å². The maximum atomic E-state index is 9.22. The van der Waals surface area contributed by atoms with E-state index in [1.165, 1.54) is 32.4 Å². The summed E-state index contributed by atoms with van der Waals surface area (Å²) in [5, 5.41) is 12.4. The maximum absolute atomic E-state index is 9.22. The normalized spacial score (nSPS) is 30.3. The Morgan fingerprint density at radius 1 is 1.35 bits per heavy atom. The van der Waals surface area contributed by atoms with Crippen LogP contribution in [0.25, 0.3) is 0 Å². The monoisotopic (exact) mass is 236 g/mol. The highest BCUT2D eigenvalue weighted by atomic mass is 15.3. The number of hydrogen-bond donors (Lipinski definition) is 1. The molecule has 2 aliphatic heterocycles. The Labute approximate surface area is 105 Å². The van der Waals surface area contributed by atoms with Gasteiger partial charge in [-0.1, -0.05) is 0 Å². The lowest BCUT2D eigenvalue weighted by molar-refractivity contribution is 0.195. The second-order valence-corrected chi connectivity index (χ2v) is 5.61. The molecular weight excluding hydrogens is 212 g/mol. The molecule has 0 amide bonds. The lowest BCUT2D eigenvalue weighted by atomic mass is 10.0. The molecule has 2 rings (SSSR count). The number of fused-ring (bicyclic) bond motifs is 1. The fourth-order valence-corrected chi connectivity index (χ4v) is 3.04. The minimum atomic E-state index is -0.409. The molecule has 2 unspecified atom stereocenters. The Hall–Kier alpha value is -0.630. The standard InChI is InChI=1S/C13H24N4/c1-13(10-14,15-2)11-16-6-4-8-17-7-3-5-12(17)9-16/h12,15H,3-9,11H2,1-2H3. The zero-order valence-corrected chi connectivity index (χ0v) is 11.1. The molecular formula is C13H24N4. The van der Waals surface area contributed by atoms with E-state index >= 15 is 0 Å². The van der Waals surface area contributed by atoms with Crippen LogP contribution in [0.5, 0.6) is 0 Å². The van der Waals surface area contributed by atoms with Gasteiger partial charge in [0.2, 0.25) is 0 Å². The Balaban J connectivity index is 1.95. The Kier molecular flexibility index (Phi) is 4.03. The first-order valence-corrected chi connectivity index (χ1v) is 6.73. The number of nitriles is 1. The van der Waals surface area contributed by atoms with Gasteiger partial charge in [0.25, 0.3) is 0 Å². The van der Waals surface area contributed by atoms with Crippen LogP contribution in [0, 0.1) is 11.3 Å². The Morgan fingerprint density at radius 2 is 2.12 bits per heavy atom. The first-order valence-electron chi connectivity index (χ1n) is 6.73. The maximum Gasteiger partial charge on any atom is 0.116 e. The minimum Gasteiger partial charge on any atom is -0.302 e. The third-order valence-corrected chi connectivity index (χ3v) is 4.23. The fraction of sp³-hybridized carbons (Fsp3) is 0.923. The van der Waals surface area contributed by atoms with Gasteiger partial charge in [0.05, 0.1) is 6.07 Å². The molecule has 4 nitrogen and oxygen atoms in total. The predicted molar refractivity (Wildman–Crippen MR) is 68.7 cm³/mol. The number of nitrogens with one attached hydrogen (secondary N) is 1. The van der Waals surface area contributed by atoms with E-state index in [1.54, 1.807) is 0 Å². The summed E-state index contributed by atoms with van der Waals surface area (Å²) >= 11 is 0. The third kappa shape index (κ3) is 2.98. The summed E-state index contributed by atoms with van der Waals surface area (Å²) in [5.74, 6) is 0. The zero-order valence-electron chi connectivity index (χ0n) is 11.1. The molecule has 4 heteroatoms. The molecule has 0 saturated carbocycles. The summed E-state index contributed by atoms with van der Waals surface area (Å²) in [4.78, 5) is 5.10. The average molecular weight is 236 g/mol. The van der Waals surface area contributed by atoms with Gasteiger partial charge in [-0.2, -0.15) is 5.26 Å². The van der Waals surface area contributed by atoms with Gasteiger partial charge in [-0.05, 0) is 52.9 Å². The molecule has 0 aromatic heterocycles. The van der Waals surface area contributed by atoms with E-state index in [2.05, 4.69) is 21.2 Å². The lowest BCUT2D eigenvalue weighted by Gasteiger charge is -2.31. The smallest absolute Gasteiger partial charge is 0.116 e. The highest BCUT2D eigenvalue weighted by molar-refractivity contribution is 5.05. The largest absolute Gasteiger partial charge is 0.302 e. The molecule has 0 aromatic rings. The number of likely N-dealkylation sites (N-methyl/N-ethyl adjacent to an activating group) is 1. The summed E-state index contributed by atoms with van der Waals surface area (Å²) in [6.45, 7) is 7.61. The second-order valence-electron chi connectivity index (χ2n) is 5.61. The van der Waals surface area contributed by atoms with E-state index in [0.29, 0.717) is 0 Å². The van der Waals surface area contributed by atoms with Crippen molar-refractivity contribution < 1.29 is 0 Å². The fourth-order valence-electron chi connectivity index (χ4n) is 3.04. The molecule has 2 heterocycles. The van der Waals surface area contributed by atoms with Crippen molar-refractivity contribution >= 4 is 0 Å². The van der Waals surface area contributed by atoms with Gasteiger partial charge in [0.15, 0.2) is 0 Å². The van der Waals surface area contributed by atoms with Crippen LogP contribution in [-0.4, -0.2) is 61.2 Å². The van der Waals surface area contributed by atoms with Gasteiger partial charge >= 0.3 is 0 Å². The molecule has 17 heavy (non-hydrogen) atoms. The van der Waals surface area contributed by atoms with E-state index < -0.39 is 5.54 Å². The summed E-state index contributed by atoms with van der Waals surface area (Å²) in [7, 11) is 1.88. The highest BCUT2D eigenvalue weighted by Gasteiger charge is 2.32. The van der Waals surface area contributed by atoms with Crippen LogP contribution in [0.4, 0.5) is 0 Å². The number of nitrogens with zero attached hydrogens (tertiary/aromatic N) is 3. The molecule has 0 aromatic carbocycles. The molecule has 2 aliphatic rings. The van der Waals surface area contributed by atoms with E-state index in [9.17, 15) is 5.26 Å². The van der Waals surface area contributed by atoms with Crippen LogP contribution in [0.3, 0.4) is 0 Å². The van der Waals surface area contributed by atoms with Crippen molar-refractivity contribution in [2.45, 2.75) is 37.8 Å². The van der Waals surface area contributed by atoms with Crippen molar-refractivity contribution in [2.24, 2.45) is 0 Å². The quantitative estimate of drug-likeness (QED) is 0.781. The molecule has 0 aliphatic carbocycles. The van der Waals surface area contributed by atoms with Crippen LogP contribution in [0.2, 0.25) is 0 Å². The molecule has 2 fully saturated rings. The van der Waals surface area contributed by atoms with Crippen LogP contribution in [0.15, 0.2) is 0 Å². The first kappa shape index (κ1) is 12.8. The molecule has 0 spiro atoms. The number of hydrogen-bond acceptors (Lipinski definition) is 4. The summed E-state index contributed by atoms with van der Waals surface area (Å²) < 4.78 is 0. The van der Waals surface area contributed by atoms with E-state index in [4.69, 9.17) is 0 Å².